The van der Waals surface area contributed by atoms with Crippen LogP contribution in [0.15, 0.2) is 18.2 Å². The van der Waals surface area contributed by atoms with E-state index >= 15 is 0 Å². The summed E-state index contributed by atoms with van der Waals surface area (Å²) in [7, 11) is 0. The van der Waals surface area contributed by atoms with E-state index in [9.17, 15) is 9.90 Å². The number of benzene rings is 1. The van der Waals surface area contributed by atoms with Gasteiger partial charge in [0.1, 0.15) is 5.82 Å². The lowest BCUT2D eigenvalue weighted by molar-refractivity contribution is -0.120. The summed E-state index contributed by atoms with van der Waals surface area (Å²) < 4.78 is 0. The minimum absolute atomic E-state index is 0.118. The van der Waals surface area contributed by atoms with Gasteiger partial charge in [-0.3, -0.25) is 4.79 Å². The van der Waals surface area contributed by atoms with Gasteiger partial charge in [-0.05, 0) is 43.9 Å². The lowest BCUT2D eigenvalue weighted by Crippen LogP contribution is -2.30. The number of H-pyrrole nitrogens is 1. The molecule has 1 aromatic carbocycles. The number of hydrogen-bond acceptors (Lipinski definition) is 3. The van der Waals surface area contributed by atoms with E-state index in [4.69, 9.17) is 0 Å². The van der Waals surface area contributed by atoms with E-state index in [1.807, 2.05) is 18.2 Å². The van der Waals surface area contributed by atoms with Crippen molar-refractivity contribution < 1.29 is 9.90 Å². The van der Waals surface area contributed by atoms with E-state index in [1.54, 1.807) is 0 Å². The minimum atomic E-state index is -0.806. The average Bonchev–Trinajstić information content (AvgIpc) is 3.02. The molecule has 2 fully saturated rings. The Labute approximate surface area is 135 Å². The standard InChI is InChI=1S/C18H23N3O2/c22-16(11-18(23)8-1-2-9-18)19-13-6-7-14-15(10-13)21-17(20-14)12-4-3-5-12/h6-7,10,12,23H,1-5,8-9,11H2,(H,19,22)(H,20,21). The molecule has 1 amide bonds. The number of carbonyl (C=O) groups excluding carboxylic acids is 1. The first-order valence-corrected chi connectivity index (χ1v) is 8.63. The van der Waals surface area contributed by atoms with E-state index in [0.717, 1.165) is 48.2 Å². The number of nitrogens with zero attached hydrogens (tertiary/aromatic N) is 1. The number of carbonyl (C=O) groups is 1. The summed E-state index contributed by atoms with van der Waals surface area (Å²) in [5, 5.41) is 13.2. The highest BCUT2D eigenvalue weighted by molar-refractivity contribution is 5.93. The molecule has 0 bridgehead atoms. The predicted octanol–water partition coefficient (Wildman–Crippen LogP) is 3.46. The van der Waals surface area contributed by atoms with Crippen molar-refractivity contribution in [1.82, 2.24) is 9.97 Å². The molecule has 2 aromatic rings. The fourth-order valence-corrected chi connectivity index (χ4v) is 3.70. The van der Waals surface area contributed by atoms with Crippen LogP contribution in [0.3, 0.4) is 0 Å². The number of rotatable bonds is 4. The summed E-state index contributed by atoms with van der Waals surface area (Å²) >= 11 is 0. The van der Waals surface area contributed by atoms with E-state index in [1.165, 1.54) is 19.3 Å². The first-order chi connectivity index (χ1) is 11.1. The summed E-state index contributed by atoms with van der Waals surface area (Å²) in [5.74, 6) is 1.51. The Morgan fingerprint density at radius 2 is 2.09 bits per heavy atom. The fourth-order valence-electron chi connectivity index (χ4n) is 3.70. The van der Waals surface area contributed by atoms with Gasteiger partial charge in [-0.1, -0.05) is 19.3 Å². The molecule has 0 aliphatic heterocycles. The number of hydrogen-bond donors (Lipinski definition) is 3. The Bertz CT molecular complexity index is 727. The molecule has 3 N–H and O–H groups in total. The highest BCUT2D eigenvalue weighted by Gasteiger charge is 2.33. The molecule has 1 heterocycles. The number of aliphatic hydroxyl groups is 1. The Morgan fingerprint density at radius 1 is 1.30 bits per heavy atom. The van der Waals surface area contributed by atoms with Crippen LogP contribution in [0.2, 0.25) is 0 Å². The number of nitrogens with one attached hydrogen (secondary N) is 2. The van der Waals surface area contributed by atoms with Crippen molar-refractivity contribution in [2.75, 3.05) is 5.32 Å². The van der Waals surface area contributed by atoms with Gasteiger partial charge in [-0.15, -0.1) is 0 Å². The number of aromatic amines is 1. The maximum Gasteiger partial charge on any atom is 0.227 e. The fraction of sp³-hybridized carbons (Fsp3) is 0.556. The highest BCUT2D eigenvalue weighted by Crippen LogP contribution is 2.36. The second-order valence-corrected chi connectivity index (χ2v) is 7.14. The third-order valence-corrected chi connectivity index (χ3v) is 5.30. The largest absolute Gasteiger partial charge is 0.389 e. The van der Waals surface area contributed by atoms with Gasteiger partial charge < -0.3 is 15.4 Å². The summed E-state index contributed by atoms with van der Waals surface area (Å²) in [6.45, 7) is 0. The van der Waals surface area contributed by atoms with Crippen LogP contribution in [0.4, 0.5) is 5.69 Å². The molecule has 1 aromatic heterocycles. The monoisotopic (exact) mass is 313 g/mol. The van der Waals surface area contributed by atoms with Crippen molar-refractivity contribution in [1.29, 1.82) is 0 Å². The molecular weight excluding hydrogens is 290 g/mol. The Morgan fingerprint density at radius 3 is 2.78 bits per heavy atom. The minimum Gasteiger partial charge on any atom is -0.389 e. The molecule has 122 valence electrons. The third kappa shape index (κ3) is 2.98. The van der Waals surface area contributed by atoms with Crippen molar-refractivity contribution in [3.05, 3.63) is 24.0 Å². The average molecular weight is 313 g/mol. The molecular formula is C18H23N3O2. The van der Waals surface area contributed by atoms with Gasteiger partial charge >= 0.3 is 0 Å². The zero-order valence-corrected chi connectivity index (χ0v) is 13.3. The number of fused-ring (bicyclic) bond motifs is 1. The molecule has 5 nitrogen and oxygen atoms in total. The molecule has 0 saturated heterocycles. The maximum atomic E-state index is 12.2. The molecule has 23 heavy (non-hydrogen) atoms. The molecule has 5 heteroatoms. The van der Waals surface area contributed by atoms with Gasteiger partial charge in [0.2, 0.25) is 5.91 Å². The summed E-state index contributed by atoms with van der Waals surface area (Å²) in [5.41, 5.74) is 1.86. The van der Waals surface area contributed by atoms with Gasteiger partial charge in [0.25, 0.3) is 0 Å². The SMILES string of the molecule is O=C(CC1(O)CCCC1)Nc1ccc2nc(C3CCC3)[nH]c2c1. The second kappa shape index (κ2) is 5.64. The molecule has 2 saturated carbocycles. The first-order valence-electron chi connectivity index (χ1n) is 8.63. The molecule has 0 radical (unpaired) electrons. The molecule has 4 rings (SSSR count). The number of imidazole rings is 1. The van der Waals surface area contributed by atoms with Gasteiger partial charge in [0, 0.05) is 11.6 Å². The van der Waals surface area contributed by atoms with Crippen LogP contribution in [0.25, 0.3) is 11.0 Å². The first kappa shape index (κ1) is 14.7. The quantitative estimate of drug-likeness (QED) is 0.809. The lowest BCUT2D eigenvalue weighted by atomic mass is 9.85. The molecule has 0 unspecified atom stereocenters. The zero-order valence-electron chi connectivity index (χ0n) is 13.3. The Balaban J connectivity index is 1.46. The maximum absolute atomic E-state index is 12.2. The highest BCUT2D eigenvalue weighted by atomic mass is 16.3. The van der Waals surface area contributed by atoms with Gasteiger partial charge in [-0.25, -0.2) is 4.98 Å². The van der Waals surface area contributed by atoms with E-state index in [0.29, 0.717) is 5.92 Å². The van der Waals surface area contributed by atoms with Gasteiger partial charge in [-0.2, -0.15) is 0 Å². The van der Waals surface area contributed by atoms with Crippen molar-refractivity contribution in [3.63, 3.8) is 0 Å². The molecule has 2 aliphatic rings. The number of anilines is 1. The lowest BCUT2D eigenvalue weighted by Gasteiger charge is -2.22. The van der Waals surface area contributed by atoms with Crippen LogP contribution >= 0.6 is 0 Å². The van der Waals surface area contributed by atoms with Crippen molar-refractivity contribution in [2.24, 2.45) is 0 Å². The number of amides is 1. The van der Waals surface area contributed by atoms with E-state index in [2.05, 4.69) is 15.3 Å². The molecule has 0 atom stereocenters. The van der Waals surface area contributed by atoms with Crippen LogP contribution in [-0.4, -0.2) is 26.6 Å². The topological polar surface area (TPSA) is 78.0 Å². The Hall–Kier alpha value is -1.88. The van der Waals surface area contributed by atoms with E-state index < -0.39 is 5.60 Å². The summed E-state index contributed by atoms with van der Waals surface area (Å²) in [6.07, 6.45) is 7.36. The predicted molar refractivity (Wildman–Crippen MR) is 89.4 cm³/mol. The zero-order chi connectivity index (χ0) is 15.9. The van der Waals surface area contributed by atoms with E-state index in [-0.39, 0.29) is 12.3 Å². The van der Waals surface area contributed by atoms with Crippen LogP contribution in [0, 0.1) is 0 Å². The Kier molecular flexibility index (Phi) is 3.60. The molecule has 0 spiro atoms. The van der Waals surface area contributed by atoms with Crippen molar-refractivity contribution >= 4 is 22.6 Å². The van der Waals surface area contributed by atoms with Gasteiger partial charge in [0.05, 0.1) is 23.1 Å². The smallest absolute Gasteiger partial charge is 0.227 e. The van der Waals surface area contributed by atoms with Gasteiger partial charge in [0.15, 0.2) is 0 Å². The van der Waals surface area contributed by atoms with Crippen LogP contribution < -0.4 is 5.32 Å². The van der Waals surface area contributed by atoms with Crippen LogP contribution in [-0.2, 0) is 4.79 Å². The summed E-state index contributed by atoms with van der Waals surface area (Å²) in [6, 6.07) is 5.75. The number of aromatic nitrogens is 2. The molecule has 2 aliphatic carbocycles. The second-order valence-electron chi connectivity index (χ2n) is 7.14. The normalized spacial score (nSPS) is 20.6. The van der Waals surface area contributed by atoms with Crippen LogP contribution in [0.1, 0.15) is 63.1 Å². The third-order valence-electron chi connectivity index (χ3n) is 5.30. The van der Waals surface area contributed by atoms with Crippen molar-refractivity contribution in [3.8, 4) is 0 Å². The van der Waals surface area contributed by atoms with Crippen LogP contribution in [0.5, 0.6) is 0 Å². The summed E-state index contributed by atoms with van der Waals surface area (Å²) in [4.78, 5) is 20.2. The van der Waals surface area contributed by atoms with Crippen molar-refractivity contribution in [2.45, 2.75) is 62.9 Å².